The van der Waals surface area contributed by atoms with Crippen LogP contribution in [-0.4, -0.2) is 56.1 Å². The standard InChI is InChI=1S/C23H26N2O6/c1-4-31-23(28)16-6-8-17(9-7-16)24-18-14-21(26)25(22(18)27)12-11-15-5-10-19(29-2)20(13-15)30-3/h5-10,13,18,24H,4,11-12,14H2,1-3H3/t18-/m0/s1. The summed E-state index contributed by atoms with van der Waals surface area (Å²) in [6.07, 6.45) is 0.600. The highest BCUT2D eigenvalue weighted by Crippen LogP contribution is 2.28. The minimum atomic E-state index is -0.633. The molecule has 1 aliphatic heterocycles. The summed E-state index contributed by atoms with van der Waals surface area (Å²) in [5.41, 5.74) is 2.02. The minimum Gasteiger partial charge on any atom is -0.493 e. The third-order valence-electron chi connectivity index (χ3n) is 5.05. The number of carbonyl (C=O) groups excluding carboxylic acids is 3. The van der Waals surface area contributed by atoms with Crippen LogP contribution in [0.25, 0.3) is 0 Å². The Morgan fingerprint density at radius 2 is 1.77 bits per heavy atom. The van der Waals surface area contributed by atoms with E-state index in [-0.39, 0.29) is 24.8 Å². The number of esters is 1. The van der Waals surface area contributed by atoms with Gasteiger partial charge in [0.1, 0.15) is 6.04 Å². The fourth-order valence-corrected chi connectivity index (χ4v) is 3.43. The molecule has 0 unspecified atom stereocenters. The highest BCUT2D eigenvalue weighted by atomic mass is 16.5. The van der Waals surface area contributed by atoms with Gasteiger partial charge in [0.05, 0.1) is 32.8 Å². The number of rotatable bonds is 9. The molecule has 1 saturated heterocycles. The summed E-state index contributed by atoms with van der Waals surface area (Å²) in [6, 6.07) is 11.5. The summed E-state index contributed by atoms with van der Waals surface area (Å²) in [6.45, 7) is 2.33. The van der Waals surface area contributed by atoms with Gasteiger partial charge in [-0.3, -0.25) is 14.5 Å². The maximum absolute atomic E-state index is 12.7. The largest absolute Gasteiger partial charge is 0.493 e. The average molecular weight is 426 g/mol. The molecule has 8 heteroatoms. The maximum atomic E-state index is 12.7. The molecule has 0 saturated carbocycles. The zero-order chi connectivity index (χ0) is 22.4. The van der Waals surface area contributed by atoms with Crippen LogP contribution in [0.2, 0.25) is 0 Å². The topological polar surface area (TPSA) is 94.2 Å². The number of nitrogens with one attached hydrogen (secondary N) is 1. The van der Waals surface area contributed by atoms with Crippen molar-refractivity contribution in [3.8, 4) is 11.5 Å². The molecule has 0 bridgehead atoms. The first-order chi connectivity index (χ1) is 15.0. The predicted molar refractivity (Wildman–Crippen MR) is 114 cm³/mol. The highest BCUT2D eigenvalue weighted by molar-refractivity contribution is 6.06. The molecular formula is C23H26N2O6. The molecule has 1 N–H and O–H groups in total. The number of likely N-dealkylation sites (tertiary alicyclic amines) is 1. The third kappa shape index (κ3) is 5.14. The van der Waals surface area contributed by atoms with Crippen LogP contribution in [0.3, 0.4) is 0 Å². The molecule has 1 heterocycles. The molecule has 31 heavy (non-hydrogen) atoms. The van der Waals surface area contributed by atoms with E-state index in [1.807, 2.05) is 12.1 Å². The summed E-state index contributed by atoms with van der Waals surface area (Å²) in [5.74, 6) is 0.344. The highest BCUT2D eigenvalue weighted by Gasteiger charge is 2.38. The molecule has 0 spiro atoms. The van der Waals surface area contributed by atoms with Gasteiger partial charge >= 0.3 is 5.97 Å². The Bertz CT molecular complexity index is 957. The van der Waals surface area contributed by atoms with Crippen LogP contribution in [0, 0.1) is 0 Å². The monoisotopic (exact) mass is 426 g/mol. The number of ether oxygens (including phenoxy) is 3. The zero-order valence-corrected chi connectivity index (χ0v) is 17.8. The van der Waals surface area contributed by atoms with Crippen LogP contribution in [0.5, 0.6) is 11.5 Å². The Labute approximate surface area is 181 Å². The van der Waals surface area contributed by atoms with Crippen molar-refractivity contribution in [3.05, 3.63) is 53.6 Å². The van der Waals surface area contributed by atoms with E-state index in [0.717, 1.165) is 5.56 Å². The van der Waals surface area contributed by atoms with Crippen LogP contribution in [-0.2, 0) is 20.7 Å². The zero-order valence-electron chi connectivity index (χ0n) is 17.8. The van der Waals surface area contributed by atoms with Crippen molar-refractivity contribution in [3.63, 3.8) is 0 Å². The summed E-state index contributed by atoms with van der Waals surface area (Å²) < 4.78 is 15.5. The molecule has 1 atom stereocenters. The van der Waals surface area contributed by atoms with Gasteiger partial charge in [-0.25, -0.2) is 4.79 Å². The molecule has 0 radical (unpaired) electrons. The van der Waals surface area contributed by atoms with Crippen LogP contribution >= 0.6 is 0 Å². The molecule has 3 rings (SSSR count). The number of hydrogen-bond donors (Lipinski definition) is 1. The van der Waals surface area contributed by atoms with E-state index in [9.17, 15) is 14.4 Å². The Balaban J connectivity index is 1.60. The lowest BCUT2D eigenvalue weighted by Crippen LogP contribution is -2.36. The number of amides is 2. The van der Waals surface area contributed by atoms with Gasteiger partial charge in [0.25, 0.3) is 5.91 Å². The normalized spacial score (nSPS) is 15.7. The van der Waals surface area contributed by atoms with Gasteiger partial charge in [-0.2, -0.15) is 0 Å². The third-order valence-corrected chi connectivity index (χ3v) is 5.05. The van der Waals surface area contributed by atoms with E-state index in [0.29, 0.717) is 35.8 Å². The average Bonchev–Trinajstić information content (AvgIpc) is 3.04. The van der Waals surface area contributed by atoms with Crippen molar-refractivity contribution in [2.45, 2.75) is 25.8 Å². The summed E-state index contributed by atoms with van der Waals surface area (Å²) in [4.78, 5) is 38.2. The first-order valence-electron chi connectivity index (χ1n) is 10.1. The van der Waals surface area contributed by atoms with Crippen LogP contribution in [0.4, 0.5) is 5.69 Å². The second-order valence-electron chi connectivity index (χ2n) is 7.02. The van der Waals surface area contributed by atoms with E-state index in [4.69, 9.17) is 14.2 Å². The lowest BCUT2D eigenvalue weighted by Gasteiger charge is -2.17. The maximum Gasteiger partial charge on any atom is 0.338 e. The lowest BCUT2D eigenvalue weighted by atomic mass is 10.1. The second-order valence-corrected chi connectivity index (χ2v) is 7.02. The van der Waals surface area contributed by atoms with Crippen molar-refractivity contribution in [2.75, 3.05) is 32.7 Å². The number of nitrogens with zero attached hydrogens (tertiary/aromatic N) is 1. The van der Waals surface area contributed by atoms with Crippen LogP contribution in [0.15, 0.2) is 42.5 Å². The molecule has 1 fully saturated rings. The van der Waals surface area contributed by atoms with Gasteiger partial charge in [0.2, 0.25) is 5.91 Å². The van der Waals surface area contributed by atoms with Gasteiger partial charge in [-0.05, 0) is 55.3 Å². The minimum absolute atomic E-state index is 0.0877. The number of hydrogen-bond acceptors (Lipinski definition) is 7. The number of imide groups is 1. The number of methoxy groups -OCH3 is 2. The van der Waals surface area contributed by atoms with Crippen molar-refractivity contribution in [2.24, 2.45) is 0 Å². The summed E-state index contributed by atoms with van der Waals surface area (Å²) in [7, 11) is 3.13. The van der Waals surface area contributed by atoms with E-state index >= 15 is 0 Å². The molecular weight excluding hydrogens is 400 g/mol. The van der Waals surface area contributed by atoms with E-state index in [1.54, 1.807) is 51.5 Å². The Kier molecular flexibility index (Phi) is 7.12. The first-order valence-corrected chi connectivity index (χ1v) is 10.1. The van der Waals surface area contributed by atoms with Crippen molar-refractivity contribution in [1.29, 1.82) is 0 Å². The van der Waals surface area contributed by atoms with E-state index in [1.165, 1.54) is 4.90 Å². The first kappa shape index (κ1) is 22.1. The molecule has 2 amide bonds. The smallest absolute Gasteiger partial charge is 0.338 e. The molecule has 8 nitrogen and oxygen atoms in total. The van der Waals surface area contributed by atoms with Crippen molar-refractivity contribution < 1.29 is 28.6 Å². The van der Waals surface area contributed by atoms with Gasteiger partial charge in [0.15, 0.2) is 11.5 Å². The molecule has 164 valence electrons. The molecule has 0 aromatic heterocycles. The van der Waals surface area contributed by atoms with Crippen LogP contribution < -0.4 is 14.8 Å². The van der Waals surface area contributed by atoms with Gasteiger partial charge < -0.3 is 19.5 Å². The van der Waals surface area contributed by atoms with E-state index in [2.05, 4.69) is 5.32 Å². The van der Waals surface area contributed by atoms with Gasteiger partial charge in [-0.1, -0.05) is 6.07 Å². The second kappa shape index (κ2) is 9.97. The molecule has 1 aliphatic rings. The Morgan fingerprint density at radius 3 is 2.42 bits per heavy atom. The van der Waals surface area contributed by atoms with Crippen molar-refractivity contribution in [1.82, 2.24) is 4.90 Å². The molecule has 2 aromatic carbocycles. The number of carbonyl (C=O) groups is 3. The predicted octanol–water partition coefficient (Wildman–Crippen LogP) is 2.66. The number of benzene rings is 2. The molecule has 2 aromatic rings. The SMILES string of the molecule is CCOC(=O)c1ccc(N[C@H]2CC(=O)N(CCc3ccc(OC)c(OC)c3)C2=O)cc1. The van der Waals surface area contributed by atoms with Gasteiger partial charge in [0, 0.05) is 12.2 Å². The van der Waals surface area contributed by atoms with E-state index < -0.39 is 12.0 Å². The fraction of sp³-hybridized carbons (Fsp3) is 0.348. The van der Waals surface area contributed by atoms with Crippen LogP contribution in [0.1, 0.15) is 29.3 Å². The van der Waals surface area contributed by atoms with Gasteiger partial charge in [-0.15, -0.1) is 0 Å². The van der Waals surface area contributed by atoms with Crippen molar-refractivity contribution >= 4 is 23.5 Å². The number of anilines is 1. The Hall–Kier alpha value is -3.55. The summed E-state index contributed by atoms with van der Waals surface area (Å²) in [5, 5.41) is 3.08. The quantitative estimate of drug-likeness (QED) is 0.487. The lowest BCUT2D eigenvalue weighted by molar-refractivity contribution is -0.138. The summed E-state index contributed by atoms with van der Waals surface area (Å²) >= 11 is 0. The molecule has 0 aliphatic carbocycles. The fourth-order valence-electron chi connectivity index (χ4n) is 3.43. The Morgan fingerprint density at radius 1 is 1.06 bits per heavy atom.